The molecule has 1 unspecified atom stereocenters. The average Bonchev–Trinajstić information content (AvgIpc) is 2.30. The summed E-state index contributed by atoms with van der Waals surface area (Å²) in [5, 5.41) is 3.48. The Labute approximate surface area is 108 Å². The zero-order valence-corrected chi connectivity index (χ0v) is 12.2. The van der Waals surface area contributed by atoms with Crippen LogP contribution >= 0.6 is 0 Å². The zero-order valence-electron chi connectivity index (χ0n) is 12.2. The SMILES string of the molecule is CCNC(C)CCCN1CCN(C(C)C)CC1. The molecule has 0 spiro atoms. The van der Waals surface area contributed by atoms with Crippen molar-refractivity contribution in [1.29, 1.82) is 0 Å². The lowest BCUT2D eigenvalue weighted by atomic mass is 10.1. The van der Waals surface area contributed by atoms with Crippen molar-refractivity contribution in [2.24, 2.45) is 0 Å². The molecule has 0 amide bonds. The third-order valence-corrected chi connectivity index (χ3v) is 3.80. The van der Waals surface area contributed by atoms with Gasteiger partial charge in [-0.25, -0.2) is 0 Å². The van der Waals surface area contributed by atoms with Gasteiger partial charge >= 0.3 is 0 Å². The second kappa shape index (κ2) is 8.06. The van der Waals surface area contributed by atoms with Gasteiger partial charge in [-0.3, -0.25) is 4.90 Å². The van der Waals surface area contributed by atoms with Gasteiger partial charge in [0.2, 0.25) is 0 Å². The van der Waals surface area contributed by atoms with Gasteiger partial charge < -0.3 is 10.2 Å². The predicted octanol–water partition coefficient (Wildman–Crippen LogP) is 1.79. The number of hydrogen-bond donors (Lipinski definition) is 1. The van der Waals surface area contributed by atoms with Crippen molar-refractivity contribution < 1.29 is 0 Å². The van der Waals surface area contributed by atoms with Gasteiger partial charge in [0.1, 0.15) is 0 Å². The van der Waals surface area contributed by atoms with Crippen LogP contribution in [0.15, 0.2) is 0 Å². The summed E-state index contributed by atoms with van der Waals surface area (Å²) in [4.78, 5) is 5.20. The van der Waals surface area contributed by atoms with Crippen LogP contribution in [0.1, 0.15) is 40.5 Å². The minimum absolute atomic E-state index is 0.678. The zero-order chi connectivity index (χ0) is 12.7. The molecule has 0 aromatic heterocycles. The van der Waals surface area contributed by atoms with Crippen LogP contribution in [-0.2, 0) is 0 Å². The topological polar surface area (TPSA) is 18.5 Å². The second-order valence-corrected chi connectivity index (χ2v) is 5.57. The van der Waals surface area contributed by atoms with E-state index in [0.29, 0.717) is 12.1 Å². The molecule has 102 valence electrons. The maximum atomic E-state index is 3.48. The van der Waals surface area contributed by atoms with Crippen molar-refractivity contribution in [1.82, 2.24) is 15.1 Å². The summed E-state index contributed by atoms with van der Waals surface area (Å²) in [7, 11) is 0. The fraction of sp³-hybridized carbons (Fsp3) is 1.00. The molecule has 0 radical (unpaired) electrons. The molecule has 1 saturated heterocycles. The molecule has 1 atom stereocenters. The highest BCUT2D eigenvalue weighted by Crippen LogP contribution is 2.07. The van der Waals surface area contributed by atoms with Gasteiger partial charge in [0.05, 0.1) is 0 Å². The Morgan fingerprint density at radius 3 is 2.24 bits per heavy atom. The third kappa shape index (κ3) is 5.84. The first-order valence-electron chi connectivity index (χ1n) is 7.33. The van der Waals surface area contributed by atoms with E-state index in [1.165, 1.54) is 45.6 Å². The van der Waals surface area contributed by atoms with Crippen LogP contribution in [0.4, 0.5) is 0 Å². The molecule has 1 N–H and O–H groups in total. The quantitative estimate of drug-likeness (QED) is 0.733. The molecule has 0 aromatic rings. The summed E-state index contributed by atoms with van der Waals surface area (Å²) in [6.07, 6.45) is 2.63. The van der Waals surface area contributed by atoms with Crippen LogP contribution in [-0.4, -0.2) is 61.2 Å². The Balaban J connectivity index is 2.06. The third-order valence-electron chi connectivity index (χ3n) is 3.80. The summed E-state index contributed by atoms with van der Waals surface area (Å²) in [6.45, 7) is 16.5. The molecule has 1 aliphatic rings. The first-order chi connectivity index (χ1) is 8.13. The van der Waals surface area contributed by atoms with Crippen LogP contribution in [0.5, 0.6) is 0 Å². The first kappa shape index (κ1) is 14.9. The minimum atomic E-state index is 0.678. The fourth-order valence-corrected chi connectivity index (χ4v) is 2.57. The summed E-state index contributed by atoms with van der Waals surface area (Å²) < 4.78 is 0. The average molecular weight is 241 g/mol. The molecular formula is C14H31N3. The molecule has 1 heterocycles. The van der Waals surface area contributed by atoms with Gasteiger partial charge in [0, 0.05) is 38.3 Å². The number of nitrogens with zero attached hydrogens (tertiary/aromatic N) is 2. The van der Waals surface area contributed by atoms with E-state index in [0.717, 1.165) is 6.54 Å². The fourth-order valence-electron chi connectivity index (χ4n) is 2.57. The van der Waals surface area contributed by atoms with Crippen LogP contribution in [0, 0.1) is 0 Å². The standard InChI is InChI=1S/C14H31N3/c1-5-15-14(4)7-6-8-16-9-11-17(12-10-16)13(2)3/h13-15H,5-12H2,1-4H3. The van der Waals surface area contributed by atoms with E-state index in [2.05, 4.69) is 42.8 Å². The Morgan fingerprint density at radius 1 is 1.06 bits per heavy atom. The predicted molar refractivity (Wildman–Crippen MR) is 75.5 cm³/mol. The Bertz CT molecular complexity index is 186. The van der Waals surface area contributed by atoms with Gasteiger partial charge in [0.15, 0.2) is 0 Å². The second-order valence-electron chi connectivity index (χ2n) is 5.57. The Morgan fingerprint density at radius 2 is 1.71 bits per heavy atom. The molecule has 1 aliphatic heterocycles. The lowest BCUT2D eigenvalue weighted by molar-refractivity contribution is 0.107. The van der Waals surface area contributed by atoms with E-state index in [-0.39, 0.29) is 0 Å². The Hall–Kier alpha value is -0.120. The van der Waals surface area contributed by atoms with Crippen LogP contribution in [0.3, 0.4) is 0 Å². The highest BCUT2D eigenvalue weighted by molar-refractivity contribution is 4.74. The lowest BCUT2D eigenvalue weighted by Crippen LogP contribution is -2.49. The summed E-state index contributed by atoms with van der Waals surface area (Å²) >= 11 is 0. The van der Waals surface area contributed by atoms with Gasteiger partial charge in [-0.15, -0.1) is 0 Å². The largest absolute Gasteiger partial charge is 0.315 e. The molecular weight excluding hydrogens is 210 g/mol. The van der Waals surface area contributed by atoms with Crippen molar-refractivity contribution in [3.05, 3.63) is 0 Å². The molecule has 0 aromatic carbocycles. The van der Waals surface area contributed by atoms with Gasteiger partial charge in [-0.05, 0) is 46.7 Å². The molecule has 0 aliphatic carbocycles. The normalized spacial score (nSPS) is 21.0. The molecule has 1 rings (SSSR count). The summed E-state index contributed by atoms with van der Waals surface area (Å²) in [5.41, 5.74) is 0. The smallest absolute Gasteiger partial charge is 0.0113 e. The summed E-state index contributed by atoms with van der Waals surface area (Å²) in [5.74, 6) is 0. The highest BCUT2D eigenvalue weighted by atomic mass is 15.3. The van der Waals surface area contributed by atoms with Gasteiger partial charge in [-0.2, -0.15) is 0 Å². The summed E-state index contributed by atoms with van der Waals surface area (Å²) in [6, 6.07) is 1.39. The number of nitrogens with one attached hydrogen (secondary N) is 1. The maximum absolute atomic E-state index is 3.48. The highest BCUT2D eigenvalue weighted by Gasteiger charge is 2.18. The van der Waals surface area contributed by atoms with Crippen LogP contribution in [0.25, 0.3) is 0 Å². The monoisotopic (exact) mass is 241 g/mol. The van der Waals surface area contributed by atoms with Crippen molar-refractivity contribution in [2.45, 2.75) is 52.6 Å². The molecule has 3 nitrogen and oxygen atoms in total. The lowest BCUT2D eigenvalue weighted by Gasteiger charge is -2.37. The van der Waals surface area contributed by atoms with Gasteiger partial charge in [0.25, 0.3) is 0 Å². The van der Waals surface area contributed by atoms with Crippen LogP contribution in [0.2, 0.25) is 0 Å². The van der Waals surface area contributed by atoms with Gasteiger partial charge in [-0.1, -0.05) is 6.92 Å². The molecule has 1 fully saturated rings. The Kier molecular flexibility index (Phi) is 7.09. The van der Waals surface area contributed by atoms with Crippen LogP contribution < -0.4 is 5.32 Å². The molecule has 0 saturated carbocycles. The maximum Gasteiger partial charge on any atom is 0.0113 e. The van der Waals surface area contributed by atoms with E-state index in [1.54, 1.807) is 0 Å². The first-order valence-corrected chi connectivity index (χ1v) is 7.33. The van der Waals surface area contributed by atoms with E-state index in [9.17, 15) is 0 Å². The van der Waals surface area contributed by atoms with E-state index in [1.807, 2.05) is 0 Å². The number of hydrogen-bond acceptors (Lipinski definition) is 3. The van der Waals surface area contributed by atoms with Crippen molar-refractivity contribution in [3.63, 3.8) is 0 Å². The molecule has 3 heteroatoms. The van der Waals surface area contributed by atoms with E-state index in [4.69, 9.17) is 0 Å². The van der Waals surface area contributed by atoms with Crippen molar-refractivity contribution in [3.8, 4) is 0 Å². The van der Waals surface area contributed by atoms with Crippen molar-refractivity contribution in [2.75, 3.05) is 39.3 Å². The molecule has 0 bridgehead atoms. The minimum Gasteiger partial charge on any atom is -0.315 e. The van der Waals surface area contributed by atoms with Crippen molar-refractivity contribution >= 4 is 0 Å². The number of rotatable bonds is 7. The van der Waals surface area contributed by atoms with E-state index >= 15 is 0 Å². The number of piperazine rings is 1. The van der Waals surface area contributed by atoms with E-state index < -0.39 is 0 Å². The molecule has 17 heavy (non-hydrogen) atoms.